The Balaban J connectivity index is 1.81. The van der Waals surface area contributed by atoms with Crippen LogP contribution in [-0.4, -0.2) is 16.8 Å². The molecule has 25 heavy (non-hydrogen) atoms. The van der Waals surface area contributed by atoms with E-state index in [2.05, 4.69) is 10.3 Å². The number of pyridine rings is 1. The molecule has 5 heteroatoms. The third-order valence-electron chi connectivity index (χ3n) is 4.28. The van der Waals surface area contributed by atoms with Gasteiger partial charge in [0.05, 0.1) is 11.9 Å². The summed E-state index contributed by atoms with van der Waals surface area (Å²) in [4.78, 5) is 28.1. The van der Waals surface area contributed by atoms with E-state index in [1.165, 1.54) is 0 Å². The van der Waals surface area contributed by atoms with Crippen molar-refractivity contribution < 1.29 is 9.59 Å². The third kappa shape index (κ3) is 3.50. The van der Waals surface area contributed by atoms with Gasteiger partial charge in [0.2, 0.25) is 11.8 Å². The van der Waals surface area contributed by atoms with Gasteiger partial charge in [-0.3, -0.25) is 14.6 Å². The van der Waals surface area contributed by atoms with E-state index in [4.69, 9.17) is 5.73 Å². The first kappa shape index (κ1) is 16.6. The molecule has 2 amide bonds. The quantitative estimate of drug-likeness (QED) is 0.769. The molecule has 0 spiro atoms. The fourth-order valence-electron chi connectivity index (χ4n) is 2.91. The number of amides is 2. The molecule has 5 nitrogen and oxygen atoms in total. The minimum Gasteiger partial charge on any atom is -0.366 e. The molecule has 0 aliphatic heterocycles. The van der Waals surface area contributed by atoms with Gasteiger partial charge in [-0.1, -0.05) is 18.2 Å². The maximum Gasteiger partial charge on any atom is 0.248 e. The molecule has 0 aliphatic rings. The summed E-state index contributed by atoms with van der Waals surface area (Å²) < 4.78 is 0. The van der Waals surface area contributed by atoms with E-state index in [0.717, 1.165) is 27.7 Å². The van der Waals surface area contributed by atoms with Crippen LogP contribution in [0.2, 0.25) is 0 Å². The van der Waals surface area contributed by atoms with Crippen molar-refractivity contribution in [3.63, 3.8) is 0 Å². The van der Waals surface area contributed by atoms with Gasteiger partial charge in [0.15, 0.2) is 0 Å². The predicted octanol–water partition coefficient (Wildman–Crippen LogP) is 3.13. The van der Waals surface area contributed by atoms with Crippen LogP contribution in [0.4, 0.5) is 5.69 Å². The lowest BCUT2D eigenvalue weighted by atomic mass is 9.99. The zero-order chi connectivity index (χ0) is 18.0. The number of benzene rings is 2. The molecule has 126 valence electrons. The van der Waals surface area contributed by atoms with Crippen molar-refractivity contribution in [1.29, 1.82) is 0 Å². The summed E-state index contributed by atoms with van der Waals surface area (Å²) in [6.07, 6.45) is 0.243. The molecular formula is C20H19N3O2. The Morgan fingerprint density at radius 1 is 1.04 bits per heavy atom. The van der Waals surface area contributed by atoms with Crippen molar-refractivity contribution >= 4 is 28.4 Å². The number of nitrogens with one attached hydrogen (secondary N) is 1. The summed E-state index contributed by atoms with van der Waals surface area (Å²) in [6.45, 7) is 3.94. The first-order valence-corrected chi connectivity index (χ1v) is 8.00. The Labute approximate surface area is 145 Å². The van der Waals surface area contributed by atoms with Crippen molar-refractivity contribution in [2.45, 2.75) is 20.3 Å². The van der Waals surface area contributed by atoms with E-state index >= 15 is 0 Å². The number of fused-ring (bicyclic) bond motifs is 1. The van der Waals surface area contributed by atoms with Gasteiger partial charge in [0.25, 0.3) is 0 Å². The van der Waals surface area contributed by atoms with Crippen molar-refractivity contribution in [3.05, 3.63) is 70.9 Å². The molecule has 0 unspecified atom stereocenters. The number of carbonyl (C=O) groups is 2. The summed E-state index contributed by atoms with van der Waals surface area (Å²) in [7, 11) is 0. The van der Waals surface area contributed by atoms with Crippen LogP contribution < -0.4 is 11.1 Å². The van der Waals surface area contributed by atoms with Crippen molar-refractivity contribution in [2.75, 3.05) is 5.32 Å². The van der Waals surface area contributed by atoms with Crippen LogP contribution in [0.15, 0.2) is 48.5 Å². The largest absolute Gasteiger partial charge is 0.366 e. The second-order valence-electron chi connectivity index (χ2n) is 5.98. The van der Waals surface area contributed by atoms with Crippen molar-refractivity contribution in [2.24, 2.45) is 5.73 Å². The highest BCUT2D eigenvalue weighted by Gasteiger charge is 2.13. The number of anilines is 1. The highest BCUT2D eigenvalue weighted by atomic mass is 16.2. The summed E-state index contributed by atoms with van der Waals surface area (Å²) in [5, 5.41) is 3.90. The summed E-state index contributed by atoms with van der Waals surface area (Å²) in [5.41, 5.74) is 10.0. The third-order valence-corrected chi connectivity index (χ3v) is 4.28. The van der Waals surface area contributed by atoms with Gasteiger partial charge in [-0.2, -0.15) is 0 Å². The second kappa shape index (κ2) is 6.73. The standard InChI is InChI=1S/C20H19N3O2/c1-12-16-5-3-4-6-18(16)22-13(2)17(12)11-19(24)23-15-9-7-14(8-10-15)20(21)25/h3-10H,11H2,1-2H3,(H2,21,25)(H,23,24). The van der Waals surface area contributed by atoms with E-state index in [0.29, 0.717) is 11.3 Å². The Kier molecular flexibility index (Phi) is 4.48. The second-order valence-corrected chi connectivity index (χ2v) is 5.98. The molecule has 0 atom stereocenters. The smallest absolute Gasteiger partial charge is 0.248 e. The average Bonchev–Trinajstić information content (AvgIpc) is 2.59. The minimum absolute atomic E-state index is 0.130. The molecular weight excluding hydrogens is 314 g/mol. The lowest BCUT2D eigenvalue weighted by Gasteiger charge is -2.13. The molecule has 0 saturated carbocycles. The fourth-order valence-corrected chi connectivity index (χ4v) is 2.91. The Morgan fingerprint density at radius 3 is 2.40 bits per heavy atom. The molecule has 3 N–H and O–H groups in total. The highest BCUT2D eigenvalue weighted by molar-refractivity contribution is 5.96. The monoisotopic (exact) mass is 333 g/mol. The van der Waals surface area contributed by atoms with Gasteiger partial charge >= 0.3 is 0 Å². The van der Waals surface area contributed by atoms with Crippen LogP contribution in [0.1, 0.15) is 27.2 Å². The number of carbonyl (C=O) groups excluding carboxylic acids is 2. The van der Waals surface area contributed by atoms with Crippen LogP contribution in [0.5, 0.6) is 0 Å². The van der Waals surface area contributed by atoms with Gasteiger partial charge in [0.1, 0.15) is 0 Å². The van der Waals surface area contributed by atoms with E-state index in [1.807, 2.05) is 38.1 Å². The number of rotatable bonds is 4. The predicted molar refractivity (Wildman–Crippen MR) is 98.5 cm³/mol. The average molecular weight is 333 g/mol. The maximum atomic E-state index is 12.4. The van der Waals surface area contributed by atoms with Gasteiger partial charge in [-0.25, -0.2) is 0 Å². The van der Waals surface area contributed by atoms with E-state index in [9.17, 15) is 9.59 Å². The van der Waals surface area contributed by atoms with Crippen molar-refractivity contribution in [1.82, 2.24) is 4.98 Å². The maximum absolute atomic E-state index is 12.4. The van der Waals surface area contributed by atoms with Gasteiger partial charge in [0, 0.05) is 22.3 Å². The normalized spacial score (nSPS) is 10.6. The van der Waals surface area contributed by atoms with Crippen LogP contribution in [-0.2, 0) is 11.2 Å². The molecule has 0 fully saturated rings. The summed E-state index contributed by atoms with van der Waals surface area (Å²) in [6, 6.07) is 14.4. The van der Waals surface area contributed by atoms with Crippen LogP contribution >= 0.6 is 0 Å². The molecule has 3 rings (SSSR count). The number of hydrogen-bond acceptors (Lipinski definition) is 3. The lowest BCUT2D eigenvalue weighted by molar-refractivity contribution is -0.115. The van der Waals surface area contributed by atoms with Crippen LogP contribution in [0, 0.1) is 13.8 Å². The number of para-hydroxylation sites is 1. The van der Waals surface area contributed by atoms with Gasteiger partial charge in [-0.05, 0) is 55.3 Å². The van der Waals surface area contributed by atoms with E-state index in [-0.39, 0.29) is 12.3 Å². The fraction of sp³-hybridized carbons (Fsp3) is 0.150. The summed E-state index contributed by atoms with van der Waals surface area (Å²) >= 11 is 0. The van der Waals surface area contributed by atoms with E-state index < -0.39 is 5.91 Å². The van der Waals surface area contributed by atoms with Crippen molar-refractivity contribution in [3.8, 4) is 0 Å². The number of nitrogens with two attached hydrogens (primary N) is 1. The SMILES string of the molecule is Cc1nc2ccccc2c(C)c1CC(=O)Nc1ccc(C(N)=O)cc1. The number of aromatic nitrogens is 1. The zero-order valence-corrected chi connectivity index (χ0v) is 14.2. The van der Waals surface area contributed by atoms with E-state index in [1.54, 1.807) is 24.3 Å². The van der Waals surface area contributed by atoms with Gasteiger partial charge < -0.3 is 11.1 Å². The molecule has 2 aromatic carbocycles. The molecule has 1 aromatic heterocycles. The number of hydrogen-bond donors (Lipinski definition) is 2. The Morgan fingerprint density at radius 2 is 1.72 bits per heavy atom. The van der Waals surface area contributed by atoms with Crippen LogP contribution in [0.25, 0.3) is 10.9 Å². The number of aryl methyl sites for hydroxylation is 2. The Bertz CT molecular complexity index is 963. The zero-order valence-electron chi connectivity index (χ0n) is 14.2. The summed E-state index contributed by atoms with van der Waals surface area (Å²) in [5.74, 6) is -0.624. The molecule has 0 aliphatic carbocycles. The molecule has 0 saturated heterocycles. The Hall–Kier alpha value is -3.21. The van der Waals surface area contributed by atoms with Gasteiger partial charge in [-0.15, -0.1) is 0 Å². The molecule has 1 heterocycles. The molecule has 3 aromatic rings. The first-order valence-electron chi connectivity index (χ1n) is 8.00. The molecule has 0 bridgehead atoms. The lowest BCUT2D eigenvalue weighted by Crippen LogP contribution is -2.17. The number of nitrogens with zero attached hydrogens (tertiary/aromatic N) is 1. The molecule has 0 radical (unpaired) electrons. The first-order chi connectivity index (χ1) is 12.0. The highest BCUT2D eigenvalue weighted by Crippen LogP contribution is 2.23. The number of primary amides is 1. The minimum atomic E-state index is -0.494. The topological polar surface area (TPSA) is 85.1 Å². The van der Waals surface area contributed by atoms with Crippen LogP contribution in [0.3, 0.4) is 0 Å².